The summed E-state index contributed by atoms with van der Waals surface area (Å²) in [5.74, 6) is 0.160. The first-order chi connectivity index (χ1) is 7.83. The van der Waals surface area contributed by atoms with Crippen LogP contribution in [0.5, 0.6) is 0 Å². The summed E-state index contributed by atoms with van der Waals surface area (Å²) in [7, 11) is 1.86. The van der Waals surface area contributed by atoms with E-state index in [1.165, 1.54) is 32.4 Å². The quantitative estimate of drug-likeness (QED) is 0.699. The average molecular weight is 300 g/mol. The molecule has 110 valence electrons. The minimum absolute atomic E-state index is 0. The van der Waals surface area contributed by atoms with Crippen LogP contribution in [-0.4, -0.2) is 50.6 Å². The number of nitrogens with zero attached hydrogens (tertiary/aromatic N) is 1. The lowest BCUT2D eigenvalue weighted by atomic mass is 10.1. The van der Waals surface area contributed by atoms with E-state index in [-0.39, 0.29) is 30.7 Å². The molecule has 1 fully saturated rings. The van der Waals surface area contributed by atoms with Crippen molar-refractivity contribution < 1.29 is 4.79 Å². The molecule has 4 nitrogen and oxygen atoms in total. The first kappa shape index (κ1) is 20.3. The molecule has 18 heavy (non-hydrogen) atoms. The maximum atomic E-state index is 11.3. The van der Waals surface area contributed by atoms with Gasteiger partial charge in [0, 0.05) is 19.5 Å². The van der Waals surface area contributed by atoms with E-state index in [1.807, 2.05) is 7.05 Å². The predicted octanol–water partition coefficient (Wildman–Crippen LogP) is 1.43. The van der Waals surface area contributed by atoms with Crippen LogP contribution < -0.4 is 10.6 Å². The molecule has 1 amide bonds. The van der Waals surface area contributed by atoms with Crippen molar-refractivity contribution in [3.8, 4) is 0 Å². The highest BCUT2D eigenvalue weighted by atomic mass is 35.5. The summed E-state index contributed by atoms with van der Waals surface area (Å²) in [6.07, 6.45) is 5.73. The lowest BCUT2D eigenvalue weighted by Crippen LogP contribution is -2.33. The van der Waals surface area contributed by atoms with Crippen molar-refractivity contribution in [2.45, 2.75) is 32.1 Å². The third-order valence-electron chi connectivity index (χ3n) is 3.02. The van der Waals surface area contributed by atoms with Gasteiger partial charge in [-0.05, 0) is 45.9 Å². The summed E-state index contributed by atoms with van der Waals surface area (Å²) >= 11 is 0. The summed E-state index contributed by atoms with van der Waals surface area (Å²) in [5.41, 5.74) is 0. The number of carbonyl (C=O) groups excluding carboxylic acids is 1. The van der Waals surface area contributed by atoms with E-state index in [0.717, 1.165) is 26.1 Å². The van der Waals surface area contributed by atoms with Crippen LogP contribution >= 0.6 is 24.8 Å². The van der Waals surface area contributed by atoms with Gasteiger partial charge in [0.25, 0.3) is 0 Å². The lowest BCUT2D eigenvalue weighted by Gasteiger charge is -2.26. The monoisotopic (exact) mass is 299 g/mol. The first-order valence-electron chi connectivity index (χ1n) is 6.46. The normalized spacial score (nSPS) is 15.4. The highest BCUT2D eigenvalue weighted by Crippen LogP contribution is 2.08. The smallest absolute Gasteiger partial charge is 0.221 e. The molecule has 1 aliphatic rings. The number of nitrogens with one attached hydrogen (secondary N) is 2. The standard InChI is InChI=1S/C12H25N3O.2ClH/c1-13-8-6-12(16)14-7-5-11-15-9-3-2-4-10-15;;/h13H,2-11H2,1H3,(H,14,16);2*1H. The van der Waals surface area contributed by atoms with Crippen LogP contribution in [0.2, 0.25) is 0 Å². The van der Waals surface area contributed by atoms with Gasteiger partial charge in [-0.3, -0.25) is 4.79 Å². The van der Waals surface area contributed by atoms with Crippen molar-refractivity contribution in [3.63, 3.8) is 0 Å². The van der Waals surface area contributed by atoms with Crippen LogP contribution in [0.4, 0.5) is 0 Å². The molecule has 0 saturated carbocycles. The molecule has 1 aliphatic heterocycles. The molecular formula is C12H27Cl2N3O. The Hall–Kier alpha value is -0.0300. The molecule has 0 radical (unpaired) electrons. The fourth-order valence-corrected chi connectivity index (χ4v) is 2.04. The molecule has 1 heterocycles. The summed E-state index contributed by atoms with van der Waals surface area (Å²) in [6, 6.07) is 0. The highest BCUT2D eigenvalue weighted by Gasteiger charge is 2.09. The van der Waals surface area contributed by atoms with Crippen LogP contribution in [0.25, 0.3) is 0 Å². The van der Waals surface area contributed by atoms with Gasteiger partial charge in [0.05, 0.1) is 0 Å². The Labute approximate surface area is 123 Å². The fourth-order valence-electron chi connectivity index (χ4n) is 2.04. The molecule has 0 aromatic rings. The van der Waals surface area contributed by atoms with Crippen LogP contribution in [0.15, 0.2) is 0 Å². The zero-order valence-electron chi connectivity index (χ0n) is 11.2. The van der Waals surface area contributed by atoms with Gasteiger partial charge in [0.15, 0.2) is 0 Å². The van der Waals surface area contributed by atoms with Gasteiger partial charge in [-0.15, -0.1) is 24.8 Å². The Morgan fingerprint density at radius 2 is 1.78 bits per heavy atom. The van der Waals surface area contributed by atoms with Crippen molar-refractivity contribution in [1.82, 2.24) is 15.5 Å². The molecule has 0 aromatic heterocycles. The Morgan fingerprint density at radius 1 is 1.11 bits per heavy atom. The summed E-state index contributed by atoms with van der Waals surface area (Å²) < 4.78 is 0. The molecule has 0 spiro atoms. The van der Waals surface area contributed by atoms with Gasteiger partial charge in [0.2, 0.25) is 5.91 Å². The third kappa shape index (κ3) is 9.95. The molecule has 6 heteroatoms. The van der Waals surface area contributed by atoms with Crippen molar-refractivity contribution in [2.75, 3.05) is 39.8 Å². The number of carbonyl (C=O) groups is 1. The summed E-state index contributed by atoms with van der Waals surface area (Å²) in [4.78, 5) is 13.8. The molecule has 1 rings (SSSR count). The van der Waals surface area contributed by atoms with Crippen molar-refractivity contribution in [2.24, 2.45) is 0 Å². The number of rotatable bonds is 7. The maximum absolute atomic E-state index is 11.3. The zero-order chi connectivity index (χ0) is 11.6. The molecule has 0 aromatic carbocycles. The number of piperidine rings is 1. The topological polar surface area (TPSA) is 44.4 Å². The molecule has 0 aliphatic carbocycles. The Bertz CT molecular complexity index is 200. The minimum atomic E-state index is 0. The molecule has 0 unspecified atom stereocenters. The largest absolute Gasteiger partial charge is 0.356 e. The van der Waals surface area contributed by atoms with Gasteiger partial charge in [-0.25, -0.2) is 0 Å². The summed E-state index contributed by atoms with van der Waals surface area (Å²) in [5, 5.41) is 5.92. The van der Waals surface area contributed by atoms with Crippen molar-refractivity contribution >= 4 is 30.7 Å². The second-order valence-corrected chi connectivity index (χ2v) is 4.46. The van der Waals surface area contributed by atoms with E-state index >= 15 is 0 Å². The predicted molar refractivity (Wildman–Crippen MR) is 81.0 cm³/mol. The van der Waals surface area contributed by atoms with E-state index in [9.17, 15) is 4.79 Å². The van der Waals surface area contributed by atoms with Gasteiger partial charge >= 0.3 is 0 Å². The average Bonchev–Trinajstić information content (AvgIpc) is 2.33. The maximum Gasteiger partial charge on any atom is 0.221 e. The number of halogens is 2. The SMILES string of the molecule is CNCCC(=O)NCCCN1CCCCC1.Cl.Cl. The molecule has 0 bridgehead atoms. The van der Waals surface area contributed by atoms with Crippen LogP contribution in [0, 0.1) is 0 Å². The molecule has 1 saturated heterocycles. The Kier molecular flexibility index (Phi) is 15.1. The Morgan fingerprint density at radius 3 is 2.39 bits per heavy atom. The van der Waals surface area contributed by atoms with Crippen LogP contribution in [0.3, 0.4) is 0 Å². The number of hydrogen-bond acceptors (Lipinski definition) is 3. The second-order valence-electron chi connectivity index (χ2n) is 4.46. The fraction of sp³-hybridized carbons (Fsp3) is 0.917. The number of hydrogen-bond donors (Lipinski definition) is 2. The van der Waals surface area contributed by atoms with E-state index in [4.69, 9.17) is 0 Å². The number of likely N-dealkylation sites (tertiary alicyclic amines) is 1. The van der Waals surface area contributed by atoms with Crippen molar-refractivity contribution in [3.05, 3.63) is 0 Å². The van der Waals surface area contributed by atoms with Crippen LogP contribution in [-0.2, 0) is 4.79 Å². The third-order valence-corrected chi connectivity index (χ3v) is 3.02. The van der Waals surface area contributed by atoms with Crippen molar-refractivity contribution in [1.29, 1.82) is 0 Å². The van der Waals surface area contributed by atoms with Gasteiger partial charge in [-0.2, -0.15) is 0 Å². The molecule has 2 N–H and O–H groups in total. The second kappa shape index (κ2) is 13.4. The van der Waals surface area contributed by atoms with Gasteiger partial charge in [0.1, 0.15) is 0 Å². The first-order valence-corrected chi connectivity index (χ1v) is 6.46. The van der Waals surface area contributed by atoms with Gasteiger partial charge in [-0.1, -0.05) is 6.42 Å². The lowest BCUT2D eigenvalue weighted by molar-refractivity contribution is -0.121. The van der Waals surface area contributed by atoms with Crippen LogP contribution in [0.1, 0.15) is 32.1 Å². The van der Waals surface area contributed by atoms with E-state index in [0.29, 0.717) is 6.42 Å². The van der Waals surface area contributed by atoms with E-state index < -0.39 is 0 Å². The van der Waals surface area contributed by atoms with E-state index in [2.05, 4.69) is 15.5 Å². The van der Waals surface area contributed by atoms with Gasteiger partial charge < -0.3 is 15.5 Å². The molecule has 0 atom stereocenters. The Balaban J connectivity index is 0. The molecular weight excluding hydrogens is 273 g/mol. The van der Waals surface area contributed by atoms with E-state index in [1.54, 1.807) is 0 Å². The minimum Gasteiger partial charge on any atom is -0.356 e. The zero-order valence-corrected chi connectivity index (χ0v) is 12.9. The summed E-state index contributed by atoms with van der Waals surface area (Å²) in [6.45, 7) is 5.20. The highest BCUT2D eigenvalue weighted by molar-refractivity contribution is 5.85. The number of amides is 1.